The van der Waals surface area contributed by atoms with Crippen molar-refractivity contribution < 1.29 is 18.3 Å². The largest absolute Gasteiger partial charge is 0.494 e. The van der Waals surface area contributed by atoms with Gasteiger partial charge in [-0.2, -0.15) is 9.97 Å². The molecule has 0 unspecified atom stereocenters. The van der Waals surface area contributed by atoms with E-state index in [2.05, 4.69) is 24.6 Å². The number of para-hydroxylation sites is 1. The zero-order valence-corrected chi connectivity index (χ0v) is 22.4. The number of anilines is 2. The van der Waals surface area contributed by atoms with E-state index in [-0.39, 0.29) is 5.95 Å². The minimum absolute atomic E-state index is 0.191. The molecule has 0 aliphatic carbocycles. The molecule has 12 heteroatoms. The summed E-state index contributed by atoms with van der Waals surface area (Å²) in [5.74, 6) is 1.68. The van der Waals surface area contributed by atoms with Gasteiger partial charge in [-0.1, -0.05) is 6.07 Å². The topological polar surface area (TPSA) is 75.0 Å². The SMILES string of the molecule is COc1cccc2c1nc(C(F)F)n2-c1nc(N2CCOCC2)cc(N2CCN(CCN3CCCC3)CC2)n1. The summed E-state index contributed by atoms with van der Waals surface area (Å²) in [6.45, 7) is 10.7. The van der Waals surface area contributed by atoms with E-state index >= 15 is 0 Å². The molecule has 3 aliphatic heterocycles. The number of hydrogen-bond acceptors (Lipinski definition) is 9. The van der Waals surface area contributed by atoms with Crippen molar-refractivity contribution in [1.82, 2.24) is 29.3 Å². The molecule has 39 heavy (non-hydrogen) atoms. The van der Waals surface area contributed by atoms with Crippen molar-refractivity contribution in [2.45, 2.75) is 19.3 Å². The first-order chi connectivity index (χ1) is 19.1. The minimum Gasteiger partial charge on any atom is -0.494 e. The van der Waals surface area contributed by atoms with Crippen LogP contribution in [0, 0.1) is 0 Å². The molecule has 0 amide bonds. The molecule has 0 N–H and O–H groups in total. The number of aromatic nitrogens is 4. The molecule has 1 aromatic carbocycles. The van der Waals surface area contributed by atoms with Gasteiger partial charge in [0, 0.05) is 58.4 Å². The van der Waals surface area contributed by atoms with Crippen molar-refractivity contribution in [1.29, 1.82) is 0 Å². The van der Waals surface area contributed by atoms with Crippen LogP contribution in [0.4, 0.5) is 20.4 Å². The summed E-state index contributed by atoms with van der Waals surface area (Å²) in [5.41, 5.74) is 0.852. The van der Waals surface area contributed by atoms with Gasteiger partial charge >= 0.3 is 0 Å². The number of benzene rings is 1. The van der Waals surface area contributed by atoms with Crippen LogP contribution < -0.4 is 14.5 Å². The van der Waals surface area contributed by atoms with Gasteiger partial charge in [0.1, 0.15) is 22.9 Å². The Morgan fingerprint density at radius 2 is 1.49 bits per heavy atom. The maximum atomic E-state index is 14.3. The first-order valence-electron chi connectivity index (χ1n) is 13.9. The number of alkyl halides is 2. The van der Waals surface area contributed by atoms with E-state index in [1.165, 1.54) is 37.6 Å². The van der Waals surface area contributed by atoms with Gasteiger partial charge in [-0.15, -0.1) is 0 Å². The van der Waals surface area contributed by atoms with Crippen LogP contribution in [0.15, 0.2) is 24.3 Å². The lowest BCUT2D eigenvalue weighted by Gasteiger charge is -2.36. The predicted molar refractivity (Wildman–Crippen MR) is 146 cm³/mol. The fourth-order valence-electron chi connectivity index (χ4n) is 5.73. The number of methoxy groups -OCH3 is 1. The van der Waals surface area contributed by atoms with Gasteiger partial charge in [-0.05, 0) is 38.1 Å². The first kappa shape index (κ1) is 26.1. The molecule has 5 heterocycles. The number of ether oxygens (including phenoxy) is 2. The highest BCUT2D eigenvalue weighted by atomic mass is 19.3. The molecule has 3 fully saturated rings. The number of imidazole rings is 1. The van der Waals surface area contributed by atoms with Crippen LogP contribution in [0.3, 0.4) is 0 Å². The van der Waals surface area contributed by atoms with Crippen molar-refractivity contribution >= 4 is 22.7 Å². The number of halogens is 2. The molecular formula is C27H36F2N8O2. The summed E-state index contributed by atoms with van der Waals surface area (Å²) in [7, 11) is 1.51. The highest BCUT2D eigenvalue weighted by Crippen LogP contribution is 2.33. The third-order valence-electron chi connectivity index (χ3n) is 7.94. The normalized spacial score (nSPS) is 19.5. The summed E-state index contributed by atoms with van der Waals surface area (Å²) >= 11 is 0. The second kappa shape index (κ2) is 11.6. The second-order valence-electron chi connectivity index (χ2n) is 10.3. The van der Waals surface area contributed by atoms with E-state index in [1.807, 2.05) is 6.07 Å². The van der Waals surface area contributed by atoms with Crippen LogP contribution in [0.1, 0.15) is 25.1 Å². The zero-order valence-electron chi connectivity index (χ0n) is 22.4. The van der Waals surface area contributed by atoms with E-state index < -0.39 is 12.2 Å². The molecule has 0 saturated carbocycles. The lowest BCUT2D eigenvalue weighted by Crippen LogP contribution is -2.48. The summed E-state index contributed by atoms with van der Waals surface area (Å²) < 4.78 is 40.9. The van der Waals surface area contributed by atoms with Gasteiger partial charge in [-0.3, -0.25) is 9.47 Å². The molecule has 3 aromatic rings. The Labute approximate surface area is 227 Å². The zero-order chi connectivity index (χ0) is 26.8. The fraction of sp³-hybridized carbons (Fsp3) is 0.593. The standard InChI is InChI=1S/C27H36F2N8O2/c1-38-21-6-4-5-20-24(21)32-26(25(28)29)37(20)27-30-22(19-23(31-27)36-15-17-39-18-16-36)35-13-11-34(12-14-35)10-9-33-7-2-3-8-33/h4-6,19,25H,2-3,7-18H2,1H3. The smallest absolute Gasteiger partial charge is 0.296 e. The Morgan fingerprint density at radius 3 is 2.13 bits per heavy atom. The molecule has 0 atom stereocenters. The maximum Gasteiger partial charge on any atom is 0.296 e. The summed E-state index contributed by atoms with van der Waals surface area (Å²) in [4.78, 5) is 23.3. The highest BCUT2D eigenvalue weighted by Gasteiger charge is 2.27. The first-order valence-corrected chi connectivity index (χ1v) is 13.9. The molecule has 3 aliphatic rings. The van der Waals surface area contributed by atoms with Crippen LogP contribution in [-0.4, -0.2) is 115 Å². The van der Waals surface area contributed by atoms with Gasteiger partial charge in [0.25, 0.3) is 6.43 Å². The van der Waals surface area contributed by atoms with Crippen molar-refractivity contribution in [3.63, 3.8) is 0 Å². The maximum absolute atomic E-state index is 14.3. The van der Waals surface area contributed by atoms with Crippen molar-refractivity contribution in [2.75, 3.05) is 95.6 Å². The Bertz CT molecular complexity index is 1270. The van der Waals surface area contributed by atoms with E-state index in [0.29, 0.717) is 48.9 Å². The van der Waals surface area contributed by atoms with Gasteiger partial charge in [0.05, 0.1) is 25.8 Å². The molecule has 6 rings (SSSR count). The highest BCUT2D eigenvalue weighted by molar-refractivity contribution is 5.84. The Hall–Kier alpha value is -3.09. The van der Waals surface area contributed by atoms with E-state index in [4.69, 9.17) is 19.4 Å². The summed E-state index contributed by atoms with van der Waals surface area (Å²) in [6, 6.07) is 7.22. The molecule has 10 nitrogen and oxygen atoms in total. The number of piperazine rings is 1. The van der Waals surface area contributed by atoms with Gasteiger partial charge < -0.3 is 24.2 Å². The van der Waals surface area contributed by atoms with Crippen molar-refractivity contribution in [3.8, 4) is 11.7 Å². The molecule has 3 saturated heterocycles. The number of hydrogen-bond donors (Lipinski definition) is 0. The van der Waals surface area contributed by atoms with Crippen LogP contribution in [0.2, 0.25) is 0 Å². The summed E-state index contributed by atoms with van der Waals surface area (Å²) in [5, 5.41) is 0. The Balaban J connectivity index is 1.32. The van der Waals surface area contributed by atoms with E-state index in [1.54, 1.807) is 18.2 Å². The van der Waals surface area contributed by atoms with Crippen LogP contribution in [0.5, 0.6) is 5.75 Å². The molecule has 2 aromatic heterocycles. The number of fused-ring (bicyclic) bond motifs is 1. The van der Waals surface area contributed by atoms with Gasteiger partial charge in [0.2, 0.25) is 5.95 Å². The quantitative estimate of drug-likeness (QED) is 0.427. The minimum atomic E-state index is -2.81. The Morgan fingerprint density at radius 1 is 0.846 bits per heavy atom. The van der Waals surface area contributed by atoms with Crippen LogP contribution in [0.25, 0.3) is 17.0 Å². The molecule has 210 valence electrons. The third kappa shape index (κ3) is 5.50. The molecule has 0 bridgehead atoms. The monoisotopic (exact) mass is 542 g/mol. The summed E-state index contributed by atoms with van der Waals surface area (Å²) in [6.07, 6.45) is -0.191. The lowest BCUT2D eigenvalue weighted by atomic mass is 10.3. The second-order valence-corrected chi connectivity index (χ2v) is 10.3. The average Bonchev–Trinajstić information content (AvgIpc) is 3.65. The van der Waals surface area contributed by atoms with Crippen molar-refractivity contribution in [3.05, 3.63) is 30.1 Å². The number of likely N-dealkylation sites (tertiary alicyclic amines) is 1. The number of morpholine rings is 1. The fourth-order valence-corrected chi connectivity index (χ4v) is 5.73. The molecular weight excluding hydrogens is 506 g/mol. The average molecular weight is 543 g/mol. The van der Waals surface area contributed by atoms with Gasteiger partial charge in [-0.25, -0.2) is 13.8 Å². The van der Waals surface area contributed by atoms with Crippen LogP contribution >= 0.6 is 0 Å². The molecule has 0 spiro atoms. The van der Waals surface area contributed by atoms with E-state index in [9.17, 15) is 8.78 Å². The lowest BCUT2D eigenvalue weighted by molar-refractivity contribution is 0.122. The predicted octanol–water partition coefficient (Wildman–Crippen LogP) is 2.82. The van der Waals surface area contributed by atoms with Crippen molar-refractivity contribution in [2.24, 2.45) is 0 Å². The third-order valence-corrected chi connectivity index (χ3v) is 7.94. The number of rotatable bonds is 8. The molecule has 0 radical (unpaired) electrons. The van der Waals surface area contributed by atoms with Crippen LogP contribution in [-0.2, 0) is 4.74 Å². The van der Waals surface area contributed by atoms with E-state index in [0.717, 1.165) is 45.1 Å². The Kier molecular flexibility index (Phi) is 7.76. The number of nitrogens with zero attached hydrogens (tertiary/aromatic N) is 8. The van der Waals surface area contributed by atoms with Gasteiger partial charge in [0.15, 0.2) is 5.82 Å².